The number of carbonyl (C=O) groups excluding carboxylic acids is 1. The van der Waals surface area contributed by atoms with E-state index in [2.05, 4.69) is 0 Å². The SMILES string of the molecule is COc1ccc2c(c1)C(C)(C(N)=O)CC(N)C2. The fourth-order valence-corrected chi connectivity index (χ4v) is 2.60. The zero-order valence-electron chi connectivity index (χ0n) is 10.2. The van der Waals surface area contributed by atoms with Crippen LogP contribution in [-0.2, 0) is 16.6 Å². The monoisotopic (exact) mass is 234 g/mol. The summed E-state index contributed by atoms with van der Waals surface area (Å²) in [5.74, 6) is 0.411. The van der Waals surface area contributed by atoms with Crippen LogP contribution in [0.25, 0.3) is 0 Å². The van der Waals surface area contributed by atoms with Crippen molar-refractivity contribution in [1.29, 1.82) is 0 Å². The Labute approximate surface area is 101 Å². The molecule has 2 unspecified atom stereocenters. The van der Waals surface area contributed by atoms with Crippen molar-refractivity contribution in [1.82, 2.24) is 0 Å². The van der Waals surface area contributed by atoms with Crippen LogP contribution >= 0.6 is 0 Å². The largest absolute Gasteiger partial charge is 0.497 e. The van der Waals surface area contributed by atoms with Crippen molar-refractivity contribution in [2.75, 3.05) is 7.11 Å². The normalized spacial score (nSPS) is 27.4. The lowest BCUT2D eigenvalue weighted by Crippen LogP contribution is -2.47. The van der Waals surface area contributed by atoms with Crippen LogP contribution in [0, 0.1) is 0 Å². The maximum Gasteiger partial charge on any atom is 0.227 e. The van der Waals surface area contributed by atoms with E-state index in [-0.39, 0.29) is 11.9 Å². The van der Waals surface area contributed by atoms with Gasteiger partial charge in [0.25, 0.3) is 0 Å². The molecule has 2 rings (SSSR count). The first-order valence-electron chi connectivity index (χ1n) is 5.70. The third kappa shape index (κ3) is 1.89. The number of fused-ring (bicyclic) bond motifs is 1. The Kier molecular flexibility index (Phi) is 2.83. The van der Waals surface area contributed by atoms with Gasteiger partial charge in [-0.25, -0.2) is 0 Å². The Morgan fingerprint density at radius 1 is 1.53 bits per heavy atom. The molecule has 0 saturated carbocycles. The summed E-state index contributed by atoms with van der Waals surface area (Å²) < 4.78 is 5.20. The highest BCUT2D eigenvalue weighted by Gasteiger charge is 2.40. The standard InChI is InChI=1S/C13H18N2O2/c1-13(12(15)16)7-9(14)5-8-3-4-10(17-2)6-11(8)13/h3-4,6,9H,5,7,14H2,1-2H3,(H2,15,16). The molecule has 0 saturated heterocycles. The summed E-state index contributed by atoms with van der Waals surface area (Å²) in [5, 5.41) is 0. The number of rotatable bonds is 2. The summed E-state index contributed by atoms with van der Waals surface area (Å²) in [6, 6.07) is 5.73. The number of hydrogen-bond acceptors (Lipinski definition) is 3. The quantitative estimate of drug-likeness (QED) is 0.791. The van der Waals surface area contributed by atoms with Gasteiger partial charge < -0.3 is 16.2 Å². The molecule has 1 aromatic rings. The van der Waals surface area contributed by atoms with E-state index < -0.39 is 5.41 Å². The van der Waals surface area contributed by atoms with Crippen LogP contribution in [0.1, 0.15) is 24.5 Å². The predicted octanol–water partition coefficient (Wildman–Crippen LogP) is 0.712. The van der Waals surface area contributed by atoms with Crippen molar-refractivity contribution in [3.63, 3.8) is 0 Å². The van der Waals surface area contributed by atoms with Crippen LogP contribution in [-0.4, -0.2) is 19.1 Å². The van der Waals surface area contributed by atoms with E-state index in [0.29, 0.717) is 6.42 Å². The Balaban J connectivity index is 2.57. The van der Waals surface area contributed by atoms with Gasteiger partial charge in [-0.15, -0.1) is 0 Å². The van der Waals surface area contributed by atoms with Crippen molar-refractivity contribution in [2.24, 2.45) is 11.5 Å². The molecular weight excluding hydrogens is 216 g/mol. The molecule has 0 spiro atoms. The molecular formula is C13H18N2O2. The Bertz CT molecular complexity index is 459. The van der Waals surface area contributed by atoms with Crippen LogP contribution in [0.15, 0.2) is 18.2 Å². The highest BCUT2D eigenvalue weighted by molar-refractivity contribution is 5.87. The van der Waals surface area contributed by atoms with Gasteiger partial charge in [-0.3, -0.25) is 4.79 Å². The van der Waals surface area contributed by atoms with E-state index in [1.807, 2.05) is 25.1 Å². The minimum atomic E-state index is -0.693. The van der Waals surface area contributed by atoms with Gasteiger partial charge in [0.15, 0.2) is 0 Å². The maximum absolute atomic E-state index is 11.7. The lowest BCUT2D eigenvalue weighted by Gasteiger charge is -2.36. The molecule has 0 bridgehead atoms. The van der Waals surface area contributed by atoms with Crippen LogP contribution in [0.2, 0.25) is 0 Å². The summed E-state index contributed by atoms with van der Waals surface area (Å²) in [4.78, 5) is 11.7. The highest BCUT2D eigenvalue weighted by atomic mass is 16.5. The minimum absolute atomic E-state index is 0.0200. The molecule has 0 aromatic heterocycles. The Morgan fingerprint density at radius 2 is 2.24 bits per heavy atom. The summed E-state index contributed by atoms with van der Waals surface area (Å²) in [5.41, 5.74) is 12.9. The molecule has 1 aliphatic carbocycles. The van der Waals surface area contributed by atoms with Gasteiger partial charge in [0, 0.05) is 6.04 Å². The second-order valence-electron chi connectivity index (χ2n) is 4.89. The van der Waals surface area contributed by atoms with Crippen LogP contribution in [0.3, 0.4) is 0 Å². The third-order valence-electron chi connectivity index (χ3n) is 3.61. The van der Waals surface area contributed by atoms with E-state index in [9.17, 15) is 4.79 Å². The van der Waals surface area contributed by atoms with Gasteiger partial charge in [-0.1, -0.05) is 6.07 Å². The number of ether oxygens (including phenoxy) is 1. The van der Waals surface area contributed by atoms with E-state index in [0.717, 1.165) is 23.3 Å². The van der Waals surface area contributed by atoms with Crippen molar-refractivity contribution < 1.29 is 9.53 Å². The van der Waals surface area contributed by atoms with E-state index in [1.165, 1.54) is 0 Å². The van der Waals surface area contributed by atoms with Gasteiger partial charge in [0.05, 0.1) is 12.5 Å². The number of hydrogen-bond donors (Lipinski definition) is 2. The Morgan fingerprint density at radius 3 is 2.82 bits per heavy atom. The molecule has 4 N–H and O–H groups in total. The fourth-order valence-electron chi connectivity index (χ4n) is 2.60. The average Bonchev–Trinajstić information content (AvgIpc) is 2.28. The molecule has 4 nitrogen and oxygen atoms in total. The number of primary amides is 1. The molecule has 2 atom stereocenters. The van der Waals surface area contributed by atoms with E-state index in [4.69, 9.17) is 16.2 Å². The fraction of sp³-hybridized carbons (Fsp3) is 0.462. The number of amides is 1. The molecule has 17 heavy (non-hydrogen) atoms. The van der Waals surface area contributed by atoms with Crippen molar-refractivity contribution >= 4 is 5.91 Å². The topological polar surface area (TPSA) is 78.3 Å². The first kappa shape index (κ1) is 11.9. The average molecular weight is 234 g/mol. The zero-order chi connectivity index (χ0) is 12.6. The number of methoxy groups -OCH3 is 1. The van der Waals surface area contributed by atoms with Gasteiger partial charge in [0.1, 0.15) is 5.75 Å². The summed E-state index contributed by atoms with van der Waals surface area (Å²) in [7, 11) is 1.61. The zero-order valence-corrected chi connectivity index (χ0v) is 10.2. The first-order valence-corrected chi connectivity index (χ1v) is 5.70. The minimum Gasteiger partial charge on any atom is -0.497 e. The van der Waals surface area contributed by atoms with Gasteiger partial charge >= 0.3 is 0 Å². The van der Waals surface area contributed by atoms with E-state index in [1.54, 1.807) is 7.11 Å². The molecule has 4 heteroatoms. The number of nitrogens with two attached hydrogens (primary N) is 2. The molecule has 0 fully saturated rings. The van der Waals surface area contributed by atoms with Gasteiger partial charge in [-0.05, 0) is 43.0 Å². The molecule has 1 amide bonds. The predicted molar refractivity (Wildman–Crippen MR) is 65.8 cm³/mol. The molecule has 0 radical (unpaired) electrons. The maximum atomic E-state index is 11.7. The Hall–Kier alpha value is -1.55. The lowest BCUT2D eigenvalue weighted by molar-refractivity contribution is -0.123. The van der Waals surface area contributed by atoms with Crippen molar-refractivity contribution in [3.8, 4) is 5.75 Å². The van der Waals surface area contributed by atoms with Crippen LogP contribution in [0.5, 0.6) is 5.75 Å². The number of carbonyl (C=O) groups is 1. The summed E-state index contributed by atoms with van der Waals surface area (Å²) >= 11 is 0. The highest BCUT2D eigenvalue weighted by Crippen LogP contribution is 2.38. The smallest absolute Gasteiger partial charge is 0.227 e. The molecule has 0 aliphatic heterocycles. The lowest BCUT2D eigenvalue weighted by atomic mass is 9.69. The van der Waals surface area contributed by atoms with E-state index >= 15 is 0 Å². The molecule has 1 aliphatic rings. The van der Waals surface area contributed by atoms with Crippen molar-refractivity contribution in [3.05, 3.63) is 29.3 Å². The van der Waals surface area contributed by atoms with Crippen molar-refractivity contribution in [2.45, 2.75) is 31.2 Å². The van der Waals surface area contributed by atoms with Crippen LogP contribution < -0.4 is 16.2 Å². The van der Waals surface area contributed by atoms with Gasteiger partial charge in [0.2, 0.25) is 5.91 Å². The third-order valence-corrected chi connectivity index (χ3v) is 3.61. The molecule has 0 heterocycles. The van der Waals surface area contributed by atoms with Crippen LogP contribution in [0.4, 0.5) is 0 Å². The molecule has 92 valence electrons. The second kappa shape index (κ2) is 4.04. The number of benzene rings is 1. The first-order chi connectivity index (χ1) is 7.97. The molecule has 1 aromatic carbocycles. The summed E-state index contributed by atoms with van der Waals surface area (Å²) in [6.07, 6.45) is 1.37. The second-order valence-corrected chi connectivity index (χ2v) is 4.89. The van der Waals surface area contributed by atoms with Gasteiger partial charge in [-0.2, -0.15) is 0 Å². The summed E-state index contributed by atoms with van der Waals surface area (Å²) in [6.45, 7) is 1.85.